The number of halogens is 1. The first kappa shape index (κ1) is 23.3. The average molecular weight is 502 g/mol. The van der Waals surface area contributed by atoms with Crippen LogP contribution in [0, 0.1) is 18.8 Å². The number of hydrogen-bond acceptors (Lipinski definition) is 4. The molecule has 1 saturated heterocycles. The lowest BCUT2D eigenvalue weighted by molar-refractivity contribution is -0.136. The van der Waals surface area contributed by atoms with Crippen LogP contribution in [0.3, 0.4) is 0 Å². The zero-order valence-corrected chi connectivity index (χ0v) is 20.8. The van der Waals surface area contributed by atoms with E-state index >= 15 is 0 Å². The lowest BCUT2D eigenvalue weighted by Crippen LogP contribution is -2.45. The quantitative estimate of drug-likeness (QED) is 0.529. The van der Waals surface area contributed by atoms with Crippen molar-refractivity contribution in [2.45, 2.75) is 56.5 Å². The molecule has 9 heteroatoms. The standard InChI is InChI=1S/C25H28ClN3O4S/c1-15-6-9-19(10-7-15)34(32,33)28-14-16(2)24(25(28)17-4-3-5-17)29-22-12-18(26)8-11-20(22)21(27-29)13-23(30)31/h6-12,16-17,24-25H,3-5,13-14H2,1-2H3,(H,30,31)/t16-,24-,25?/m1/s1. The third-order valence-corrected chi connectivity index (χ3v) is 9.45. The zero-order chi connectivity index (χ0) is 24.2. The van der Waals surface area contributed by atoms with Gasteiger partial charge in [-0.05, 0) is 61.9 Å². The molecule has 3 atom stereocenters. The van der Waals surface area contributed by atoms with Crippen LogP contribution in [0.5, 0.6) is 0 Å². The number of sulfonamides is 1. The number of fused-ring (bicyclic) bond motifs is 1. The van der Waals surface area contributed by atoms with E-state index in [0.29, 0.717) is 22.2 Å². The topological polar surface area (TPSA) is 92.5 Å². The number of carbonyl (C=O) groups is 1. The van der Waals surface area contributed by atoms with Gasteiger partial charge in [0.25, 0.3) is 0 Å². The molecule has 2 aliphatic rings. The van der Waals surface area contributed by atoms with Crippen molar-refractivity contribution in [3.05, 3.63) is 58.7 Å². The van der Waals surface area contributed by atoms with Gasteiger partial charge in [-0.2, -0.15) is 9.40 Å². The number of aryl methyl sites for hydroxylation is 1. The second-order valence-corrected chi connectivity index (χ2v) is 12.0. The van der Waals surface area contributed by atoms with Crippen LogP contribution in [-0.4, -0.2) is 46.2 Å². The lowest BCUT2D eigenvalue weighted by atomic mass is 9.76. The summed E-state index contributed by atoms with van der Waals surface area (Å²) in [6, 6.07) is 11.9. The summed E-state index contributed by atoms with van der Waals surface area (Å²) in [4.78, 5) is 11.8. The fourth-order valence-electron chi connectivity index (χ4n) is 5.48. The first-order valence-corrected chi connectivity index (χ1v) is 13.5. The SMILES string of the molecule is Cc1ccc(S(=O)(=O)N2C[C@@H](C)[C@@H](n3nc(CC(=O)O)c4ccc(Cl)cc43)C2C2CCC2)cc1. The Hall–Kier alpha value is -2.42. The second kappa shape index (κ2) is 8.66. The maximum absolute atomic E-state index is 13.8. The molecule has 34 heavy (non-hydrogen) atoms. The highest BCUT2D eigenvalue weighted by Gasteiger charge is 2.51. The van der Waals surface area contributed by atoms with Gasteiger partial charge in [-0.3, -0.25) is 9.48 Å². The molecule has 1 N–H and O–H groups in total. The minimum Gasteiger partial charge on any atom is -0.481 e. The molecule has 1 unspecified atom stereocenters. The van der Waals surface area contributed by atoms with Gasteiger partial charge in [-0.1, -0.05) is 42.6 Å². The fourth-order valence-corrected chi connectivity index (χ4v) is 7.45. The Labute approximate surface area is 204 Å². The van der Waals surface area contributed by atoms with Gasteiger partial charge in [0.15, 0.2) is 0 Å². The molecule has 0 spiro atoms. The summed E-state index contributed by atoms with van der Waals surface area (Å²) in [6.45, 7) is 4.37. The molecule has 1 saturated carbocycles. The average Bonchev–Trinajstić information content (AvgIpc) is 3.24. The summed E-state index contributed by atoms with van der Waals surface area (Å²) in [7, 11) is -3.70. The van der Waals surface area contributed by atoms with E-state index in [1.165, 1.54) is 0 Å². The van der Waals surface area contributed by atoms with Gasteiger partial charge in [0, 0.05) is 17.0 Å². The molecule has 0 bridgehead atoms. The van der Waals surface area contributed by atoms with Gasteiger partial charge in [-0.15, -0.1) is 0 Å². The highest BCUT2D eigenvalue weighted by Crippen LogP contribution is 2.47. The van der Waals surface area contributed by atoms with Crippen molar-refractivity contribution in [1.82, 2.24) is 14.1 Å². The molecule has 5 rings (SSSR count). The minimum atomic E-state index is -3.70. The van der Waals surface area contributed by atoms with E-state index < -0.39 is 16.0 Å². The van der Waals surface area contributed by atoms with Gasteiger partial charge in [0.2, 0.25) is 10.0 Å². The Bertz CT molecular complexity index is 1350. The molecule has 0 amide bonds. The van der Waals surface area contributed by atoms with E-state index in [2.05, 4.69) is 6.92 Å². The van der Waals surface area contributed by atoms with Crippen LogP contribution in [-0.2, 0) is 21.2 Å². The van der Waals surface area contributed by atoms with Gasteiger partial charge >= 0.3 is 5.97 Å². The second-order valence-electron chi connectivity index (χ2n) is 9.66. The first-order valence-electron chi connectivity index (χ1n) is 11.6. The molecular formula is C25H28ClN3O4S. The molecule has 1 aliphatic carbocycles. The summed E-state index contributed by atoms with van der Waals surface area (Å²) in [6.07, 6.45) is 2.81. The van der Waals surface area contributed by atoms with Crippen molar-refractivity contribution in [1.29, 1.82) is 0 Å². The van der Waals surface area contributed by atoms with Crippen LogP contribution in [0.25, 0.3) is 10.9 Å². The predicted octanol–water partition coefficient (Wildman–Crippen LogP) is 4.68. The highest BCUT2D eigenvalue weighted by atomic mass is 35.5. The molecule has 7 nitrogen and oxygen atoms in total. The summed E-state index contributed by atoms with van der Waals surface area (Å²) < 4.78 is 31.1. The van der Waals surface area contributed by atoms with Gasteiger partial charge in [0.1, 0.15) is 0 Å². The van der Waals surface area contributed by atoms with Gasteiger partial charge < -0.3 is 5.11 Å². The molecule has 180 valence electrons. The maximum atomic E-state index is 13.8. The Morgan fingerprint density at radius 1 is 1.15 bits per heavy atom. The number of rotatable bonds is 6. The Morgan fingerprint density at radius 3 is 2.47 bits per heavy atom. The van der Waals surface area contributed by atoms with Crippen LogP contribution >= 0.6 is 11.6 Å². The van der Waals surface area contributed by atoms with Crippen molar-refractivity contribution in [3.8, 4) is 0 Å². The Kier molecular flexibility index (Phi) is 5.94. The number of benzene rings is 2. The molecule has 2 aromatic carbocycles. The number of carboxylic acid groups (broad SMARTS) is 1. The Balaban J connectivity index is 1.63. The third kappa shape index (κ3) is 3.91. The number of aliphatic carboxylic acids is 1. The van der Waals surface area contributed by atoms with Crippen LogP contribution in [0.15, 0.2) is 47.4 Å². The van der Waals surface area contributed by atoms with Crippen LogP contribution < -0.4 is 0 Å². The van der Waals surface area contributed by atoms with Gasteiger partial charge in [-0.25, -0.2) is 8.42 Å². The van der Waals surface area contributed by atoms with Crippen LogP contribution in [0.2, 0.25) is 5.02 Å². The number of hydrogen-bond donors (Lipinski definition) is 1. The molecular weight excluding hydrogens is 474 g/mol. The van der Waals surface area contributed by atoms with E-state index in [0.717, 1.165) is 35.7 Å². The molecule has 3 aromatic rings. The molecule has 2 heterocycles. The fraction of sp³-hybridized carbons (Fsp3) is 0.440. The summed E-state index contributed by atoms with van der Waals surface area (Å²) in [5.41, 5.74) is 2.23. The lowest BCUT2D eigenvalue weighted by Gasteiger charge is -2.39. The van der Waals surface area contributed by atoms with E-state index in [1.807, 2.05) is 23.7 Å². The monoisotopic (exact) mass is 501 g/mol. The summed E-state index contributed by atoms with van der Waals surface area (Å²) in [5.74, 6) is -0.734. The summed E-state index contributed by atoms with van der Waals surface area (Å²) in [5, 5.41) is 15.5. The highest BCUT2D eigenvalue weighted by molar-refractivity contribution is 7.89. The largest absolute Gasteiger partial charge is 0.481 e. The Morgan fingerprint density at radius 2 is 1.85 bits per heavy atom. The van der Waals surface area contributed by atoms with E-state index in [4.69, 9.17) is 16.7 Å². The summed E-state index contributed by atoms with van der Waals surface area (Å²) >= 11 is 6.32. The predicted molar refractivity (Wildman–Crippen MR) is 130 cm³/mol. The molecule has 0 radical (unpaired) electrons. The van der Waals surface area contributed by atoms with Crippen molar-refractivity contribution in [2.75, 3.05) is 6.54 Å². The van der Waals surface area contributed by atoms with Crippen molar-refractivity contribution in [3.63, 3.8) is 0 Å². The van der Waals surface area contributed by atoms with E-state index in [9.17, 15) is 18.3 Å². The molecule has 2 fully saturated rings. The number of nitrogens with zero attached hydrogens (tertiary/aromatic N) is 3. The zero-order valence-electron chi connectivity index (χ0n) is 19.2. The first-order chi connectivity index (χ1) is 16.2. The van der Waals surface area contributed by atoms with Gasteiger partial charge in [0.05, 0.1) is 34.6 Å². The van der Waals surface area contributed by atoms with E-state index in [-0.39, 0.29) is 30.3 Å². The van der Waals surface area contributed by atoms with Crippen LogP contribution in [0.1, 0.15) is 43.5 Å². The van der Waals surface area contributed by atoms with Crippen LogP contribution in [0.4, 0.5) is 0 Å². The van der Waals surface area contributed by atoms with E-state index in [1.54, 1.807) is 34.6 Å². The molecule has 1 aromatic heterocycles. The normalized spacial score (nSPS) is 23.9. The third-order valence-electron chi connectivity index (χ3n) is 7.34. The molecule has 1 aliphatic heterocycles. The van der Waals surface area contributed by atoms with Crippen molar-refractivity contribution >= 4 is 38.5 Å². The number of aromatic nitrogens is 2. The van der Waals surface area contributed by atoms with Crippen molar-refractivity contribution in [2.24, 2.45) is 11.8 Å². The van der Waals surface area contributed by atoms with Crippen molar-refractivity contribution < 1.29 is 18.3 Å². The smallest absolute Gasteiger partial charge is 0.309 e. The number of carboxylic acids is 1. The minimum absolute atomic E-state index is 0.00872. The maximum Gasteiger partial charge on any atom is 0.309 e.